The van der Waals surface area contributed by atoms with Crippen LogP contribution in [0.3, 0.4) is 0 Å². The topological polar surface area (TPSA) is 87.5 Å². The fourth-order valence-electron chi connectivity index (χ4n) is 4.64. The number of nitrogens with zero attached hydrogens (tertiary/aromatic N) is 2. The summed E-state index contributed by atoms with van der Waals surface area (Å²) in [6, 6.07) is 4.62. The molecule has 170 valence electrons. The molecule has 0 saturated heterocycles. The molecule has 1 heterocycles. The fourth-order valence-corrected chi connectivity index (χ4v) is 6.48. The van der Waals surface area contributed by atoms with Crippen molar-refractivity contribution in [1.29, 1.82) is 0 Å². The highest BCUT2D eigenvalue weighted by atomic mass is 32.2. The number of sulfone groups is 1. The average molecular weight is 449 g/mol. The lowest BCUT2D eigenvalue weighted by Crippen LogP contribution is -2.24. The maximum absolute atomic E-state index is 12.9. The van der Waals surface area contributed by atoms with E-state index in [9.17, 15) is 13.2 Å². The lowest BCUT2D eigenvalue weighted by atomic mass is 9.98. The Morgan fingerprint density at radius 2 is 2.06 bits per heavy atom. The molecule has 2 aromatic rings. The molecule has 2 aliphatic carbocycles. The summed E-state index contributed by atoms with van der Waals surface area (Å²) in [5.74, 6) is -0.0100. The third-order valence-corrected chi connectivity index (χ3v) is 8.86. The number of esters is 1. The molecule has 7 nitrogen and oxygen atoms in total. The van der Waals surface area contributed by atoms with Crippen LogP contribution in [0.1, 0.15) is 64.3 Å². The van der Waals surface area contributed by atoms with E-state index < -0.39 is 15.9 Å². The molecule has 4 rings (SSSR count). The zero-order chi connectivity index (χ0) is 22.0. The van der Waals surface area contributed by atoms with Gasteiger partial charge < -0.3 is 9.47 Å². The van der Waals surface area contributed by atoms with Gasteiger partial charge in [0.15, 0.2) is 9.84 Å². The standard InChI is InChI=1S/C23H32N2O5S/c1-3-4-12-30-17-9-8-16(13-17)14-21(23(26)29-2)25-20-6-5-7-22(19(20)15-24-25)31(27,28)18-10-11-18/h5-7,15-18,21H,3-4,8-14H2,1-2H3/t16-,17?,21?/m0/s1. The molecule has 0 spiro atoms. The summed E-state index contributed by atoms with van der Waals surface area (Å²) in [6.45, 7) is 2.94. The molecule has 1 aromatic heterocycles. The molecule has 2 unspecified atom stereocenters. The van der Waals surface area contributed by atoms with Crippen molar-refractivity contribution in [2.45, 2.75) is 80.6 Å². The molecule has 2 saturated carbocycles. The van der Waals surface area contributed by atoms with Gasteiger partial charge in [0.05, 0.1) is 35.1 Å². The van der Waals surface area contributed by atoms with Gasteiger partial charge in [-0.2, -0.15) is 5.10 Å². The minimum absolute atomic E-state index is 0.250. The van der Waals surface area contributed by atoms with Gasteiger partial charge in [-0.3, -0.25) is 4.68 Å². The van der Waals surface area contributed by atoms with Crippen molar-refractivity contribution >= 4 is 26.7 Å². The third-order valence-electron chi connectivity index (χ3n) is 6.54. The second kappa shape index (κ2) is 9.28. The number of rotatable bonds is 10. The minimum Gasteiger partial charge on any atom is -0.467 e. The summed E-state index contributed by atoms with van der Waals surface area (Å²) in [5, 5.41) is 4.75. The summed E-state index contributed by atoms with van der Waals surface area (Å²) < 4.78 is 38.4. The maximum atomic E-state index is 12.9. The normalized spacial score (nSPS) is 22.6. The van der Waals surface area contributed by atoms with Crippen molar-refractivity contribution in [3.05, 3.63) is 24.4 Å². The van der Waals surface area contributed by atoms with Crippen LogP contribution in [0.5, 0.6) is 0 Å². The first-order valence-corrected chi connectivity index (χ1v) is 12.9. The third kappa shape index (κ3) is 4.65. The quantitative estimate of drug-likeness (QED) is 0.402. The van der Waals surface area contributed by atoms with Crippen LogP contribution in [-0.2, 0) is 24.1 Å². The van der Waals surface area contributed by atoms with E-state index in [1.807, 2.05) is 6.07 Å². The second-order valence-electron chi connectivity index (χ2n) is 8.82. The Hall–Kier alpha value is -1.93. The number of methoxy groups -OCH3 is 1. The van der Waals surface area contributed by atoms with E-state index in [-0.39, 0.29) is 17.3 Å². The Labute approximate surface area is 184 Å². The molecule has 0 bridgehead atoms. The Morgan fingerprint density at radius 1 is 1.26 bits per heavy atom. The molecule has 3 atom stereocenters. The molecule has 0 radical (unpaired) electrons. The number of benzene rings is 1. The van der Waals surface area contributed by atoms with E-state index in [0.717, 1.165) is 38.7 Å². The molecule has 0 aliphatic heterocycles. The molecule has 2 fully saturated rings. The number of carbonyl (C=O) groups excluding carboxylic acids is 1. The van der Waals surface area contributed by atoms with Crippen molar-refractivity contribution in [2.24, 2.45) is 5.92 Å². The average Bonchev–Trinajstić information content (AvgIpc) is 3.41. The Morgan fingerprint density at radius 3 is 2.77 bits per heavy atom. The Kier molecular flexibility index (Phi) is 6.67. The van der Waals surface area contributed by atoms with Crippen LogP contribution in [0.4, 0.5) is 0 Å². The number of hydrogen-bond acceptors (Lipinski definition) is 6. The van der Waals surface area contributed by atoms with Crippen molar-refractivity contribution in [3.8, 4) is 0 Å². The summed E-state index contributed by atoms with van der Waals surface area (Å²) >= 11 is 0. The predicted octanol–water partition coefficient (Wildman–Crippen LogP) is 4.06. The summed E-state index contributed by atoms with van der Waals surface area (Å²) in [5.41, 5.74) is 0.658. The van der Waals surface area contributed by atoms with E-state index in [1.165, 1.54) is 7.11 Å². The molecular weight excluding hydrogens is 416 g/mol. The van der Waals surface area contributed by atoms with Crippen molar-refractivity contribution < 1.29 is 22.7 Å². The summed E-state index contributed by atoms with van der Waals surface area (Å²) in [7, 11) is -1.97. The Balaban J connectivity index is 1.57. The first kappa shape index (κ1) is 22.3. The van der Waals surface area contributed by atoms with Crippen molar-refractivity contribution in [3.63, 3.8) is 0 Å². The number of unbranched alkanes of at least 4 members (excludes halogenated alkanes) is 1. The van der Waals surface area contributed by atoms with Gasteiger partial charge in [-0.05, 0) is 63.0 Å². The number of ether oxygens (including phenoxy) is 2. The molecule has 2 aliphatic rings. The SMILES string of the molecule is CCCCOC1CC[C@H](CC(C(=O)OC)n2ncc3c(S(=O)(=O)C4CC4)cccc32)C1. The molecule has 0 N–H and O–H groups in total. The smallest absolute Gasteiger partial charge is 0.330 e. The molecule has 8 heteroatoms. The Bertz CT molecular complexity index is 1030. The molecule has 1 aromatic carbocycles. The van der Waals surface area contributed by atoms with Crippen molar-refractivity contribution in [2.75, 3.05) is 13.7 Å². The zero-order valence-electron chi connectivity index (χ0n) is 18.3. The van der Waals surface area contributed by atoms with Gasteiger partial charge in [0.25, 0.3) is 0 Å². The van der Waals surface area contributed by atoms with Gasteiger partial charge >= 0.3 is 5.97 Å². The van der Waals surface area contributed by atoms with E-state index in [2.05, 4.69) is 12.0 Å². The largest absolute Gasteiger partial charge is 0.467 e. The fraction of sp³-hybridized carbons (Fsp3) is 0.652. The van der Waals surface area contributed by atoms with Gasteiger partial charge in [0.2, 0.25) is 0 Å². The molecular formula is C23H32N2O5S. The summed E-state index contributed by atoms with van der Waals surface area (Å²) in [4.78, 5) is 13.0. The first-order valence-electron chi connectivity index (χ1n) is 11.3. The highest BCUT2D eigenvalue weighted by molar-refractivity contribution is 7.92. The van der Waals surface area contributed by atoms with E-state index in [0.29, 0.717) is 41.0 Å². The van der Waals surface area contributed by atoms with Crippen LogP contribution in [0.25, 0.3) is 10.9 Å². The van der Waals surface area contributed by atoms with Crippen LogP contribution in [0.15, 0.2) is 29.3 Å². The van der Waals surface area contributed by atoms with Crippen LogP contribution in [0.2, 0.25) is 0 Å². The zero-order valence-corrected chi connectivity index (χ0v) is 19.1. The van der Waals surface area contributed by atoms with Crippen molar-refractivity contribution in [1.82, 2.24) is 9.78 Å². The van der Waals surface area contributed by atoms with Gasteiger partial charge in [-0.25, -0.2) is 13.2 Å². The molecule has 0 amide bonds. The monoisotopic (exact) mass is 448 g/mol. The lowest BCUT2D eigenvalue weighted by molar-refractivity contribution is -0.145. The van der Waals surface area contributed by atoms with Crippen LogP contribution >= 0.6 is 0 Å². The predicted molar refractivity (Wildman–Crippen MR) is 118 cm³/mol. The first-order chi connectivity index (χ1) is 15.0. The van der Waals surface area contributed by atoms with E-state index in [1.54, 1.807) is 23.0 Å². The number of aromatic nitrogens is 2. The number of fused-ring (bicyclic) bond motifs is 1. The number of hydrogen-bond donors (Lipinski definition) is 0. The van der Waals surface area contributed by atoms with Gasteiger partial charge in [0.1, 0.15) is 6.04 Å². The highest BCUT2D eigenvalue weighted by Crippen LogP contribution is 2.38. The van der Waals surface area contributed by atoms with E-state index in [4.69, 9.17) is 9.47 Å². The van der Waals surface area contributed by atoms with Gasteiger partial charge in [0, 0.05) is 12.0 Å². The van der Waals surface area contributed by atoms with Crippen LogP contribution < -0.4 is 0 Å². The summed E-state index contributed by atoms with van der Waals surface area (Å²) in [6.07, 6.45) is 8.97. The molecule has 31 heavy (non-hydrogen) atoms. The maximum Gasteiger partial charge on any atom is 0.330 e. The second-order valence-corrected chi connectivity index (χ2v) is 11.0. The lowest BCUT2D eigenvalue weighted by Gasteiger charge is -2.20. The van der Waals surface area contributed by atoms with Gasteiger partial charge in [-0.1, -0.05) is 19.4 Å². The van der Waals surface area contributed by atoms with Gasteiger partial charge in [-0.15, -0.1) is 0 Å². The number of carbonyl (C=O) groups is 1. The van der Waals surface area contributed by atoms with E-state index >= 15 is 0 Å². The van der Waals surface area contributed by atoms with Crippen LogP contribution in [-0.4, -0.2) is 49.2 Å². The minimum atomic E-state index is -3.36. The highest BCUT2D eigenvalue weighted by Gasteiger charge is 2.38. The van der Waals surface area contributed by atoms with Crippen LogP contribution in [0, 0.1) is 5.92 Å².